The normalized spacial score (nSPS) is 24.5. The minimum Gasteiger partial charge on any atom is -0.458 e. The summed E-state index contributed by atoms with van der Waals surface area (Å²) in [6, 6.07) is 9.11. The van der Waals surface area contributed by atoms with Crippen LogP contribution in [0.15, 0.2) is 35.7 Å². The van der Waals surface area contributed by atoms with Crippen molar-refractivity contribution in [1.29, 1.82) is 0 Å². The number of urea groups is 1. The number of esters is 1. The number of carbonyl (C=O) groups is 3. The molecule has 2 aromatic rings. The van der Waals surface area contributed by atoms with Gasteiger partial charge in [-0.2, -0.15) is 0 Å². The molecule has 2 aliphatic rings. The Morgan fingerprint density at radius 1 is 1.28 bits per heavy atom. The number of aromatic nitrogens is 1. The molecule has 2 N–H and O–H groups in total. The first-order valence-electron chi connectivity index (χ1n) is 10.7. The maximum Gasteiger partial charge on any atom is 0.326 e. The van der Waals surface area contributed by atoms with E-state index in [1.807, 2.05) is 30.3 Å². The summed E-state index contributed by atoms with van der Waals surface area (Å²) < 4.78 is 5.29. The molecule has 0 radical (unpaired) electrons. The second-order valence-electron chi connectivity index (χ2n) is 9.55. The molecule has 1 saturated carbocycles. The number of hydrogen-bond acceptors (Lipinski definition) is 7. The summed E-state index contributed by atoms with van der Waals surface area (Å²) in [6.07, 6.45) is 2.15. The second-order valence-corrected chi connectivity index (χ2v) is 10.4. The van der Waals surface area contributed by atoms with Crippen molar-refractivity contribution >= 4 is 40.1 Å². The minimum absolute atomic E-state index is 0.0232. The predicted molar refractivity (Wildman–Crippen MR) is 121 cm³/mol. The van der Waals surface area contributed by atoms with Gasteiger partial charge in [0.15, 0.2) is 5.13 Å². The first kappa shape index (κ1) is 22.3. The van der Waals surface area contributed by atoms with E-state index in [4.69, 9.17) is 4.74 Å². The Kier molecular flexibility index (Phi) is 5.94. The maximum atomic E-state index is 13.1. The quantitative estimate of drug-likeness (QED) is 0.502. The maximum absolute atomic E-state index is 13.1. The average Bonchev–Trinajstić information content (AvgIpc) is 3.23. The fraction of sp³-hybridized carbons (Fsp3) is 0.478. The van der Waals surface area contributed by atoms with Gasteiger partial charge in [0.25, 0.3) is 5.91 Å². The molecule has 1 spiro atoms. The molecule has 32 heavy (non-hydrogen) atoms. The number of ether oxygens (including phenoxy) is 1. The van der Waals surface area contributed by atoms with Crippen molar-refractivity contribution in [3.63, 3.8) is 0 Å². The van der Waals surface area contributed by atoms with Crippen molar-refractivity contribution in [2.24, 2.45) is 11.3 Å². The highest BCUT2D eigenvalue weighted by Gasteiger charge is 2.56. The Labute approximate surface area is 191 Å². The van der Waals surface area contributed by atoms with Crippen molar-refractivity contribution < 1.29 is 19.1 Å². The van der Waals surface area contributed by atoms with E-state index < -0.39 is 24.1 Å². The van der Waals surface area contributed by atoms with E-state index in [1.165, 1.54) is 11.3 Å². The number of rotatable bonds is 6. The molecule has 1 saturated heterocycles. The van der Waals surface area contributed by atoms with Crippen molar-refractivity contribution in [1.82, 2.24) is 15.2 Å². The number of imide groups is 1. The van der Waals surface area contributed by atoms with Gasteiger partial charge in [-0.1, -0.05) is 39.0 Å². The lowest BCUT2D eigenvalue weighted by Gasteiger charge is -2.43. The lowest BCUT2D eigenvalue weighted by Crippen LogP contribution is -2.54. The van der Waals surface area contributed by atoms with Crippen LogP contribution in [0.5, 0.6) is 0 Å². The van der Waals surface area contributed by atoms with Gasteiger partial charge in [-0.05, 0) is 42.7 Å². The zero-order chi connectivity index (χ0) is 22.9. The average molecular weight is 457 g/mol. The number of benzene rings is 1. The van der Waals surface area contributed by atoms with E-state index in [0.29, 0.717) is 29.6 Å². The van der Waals surface area contributed by atoms with E-state index in [2.05, 4.69) is 36.4 Å². The number of carbonyl (C=O) groups excluding carboxylic acids is 3. The van der Waals surface area contributed by atoms with E-state index in [1.54, 1.807) is 5.38 Å². The second kappa shape index (κ2) is 8.54. The lowest BCUT2D eigenvalue weighted by molar-refractivity contribution is -0.149. The Morgan fingerprint density at radius 3 is 2.75 bits per heavy atom. The molecule has 1 aliphatic heterocycles. The van der Waals surface area contributed by atoms with Crippen LogP contribution in [-0.2, 0) is 20.9 Å². The number of anilines is 2. The van der Waals surface area contributed by atoms with Gasteiger partial charge < -0.3 is 15.4 Å². The van der Waals surface area contributed by atoms with Crippen LogP contribution in [-0.4, -0.2) is 39.9 Å². The topological polar surface area (TPSA) is 101 Å². The monoisotopic (exact) mass is 456 g/mol. The third-order valence-electron chi connectivity index (χ3n) is 5.87. The molecule has 1 aromatic carbocycles. The van der Waals surface area contributed by atoms with E-state index in [0.717, 1.165) is 17.0 Å². The SMILES string of the molecule is C[C@H]1CC(C)(C)C[C@@]2(C1)NC(=O)N(CC(=O)OCc1csc(Nc3ccccc3)n1)C2=O. The first-order valence-corrected chi connectivity index (χ1v) is 11.6. The summed E-state index contributed by atoms with van der Waals surface area (Å²) in [5.41, 5.74) is 0.523. The summed E-state index contributed by atoms with van der Waals surface area (Å²) in [7, 11) is 0. The molecule has 1 aromatic heterocycles. The van der Waals surface area contributed by atoms with Crippen LogP contribution in [0.2, 0.25) is 0 Å². The fourth-order valence-corrected chi connectivity index (χ4v) is 5.77. The van der Waals surface area contributed by atoms with Crippen LogP contribution in [0, 0.1) is 11.3 Å². The van der Waals surface area contributed by atoms with E-state index in [-0.39, 0.29) is 17.9 Å². The number of para-hydroxylation sites is 1. The van der Waals surface area contributed by atoms with Crippen LogP contribution < -0.4 is 10.6 Å². The van der Waals surface area contributed by atoms with Crippen LogP contribution in [0.1, 0.15) is 45.7 Å². The van der Waals surface area contributed by atoms with Crippen LogP contribution in [0.3, 0.4) is 0 Å². The van der Waals surface area contributed by atoms with Gasteiger partial charge in [-0.15, -0.1) is 11.3 Å². The zero-order valence-corrected chi connectivity index (χ0v) is 19.3. The Balaban J connectivity index is 1.33. The third kappa shape index (κ3) is 4.77. The molecule has 170 valence electrons. The van der Waals surface area contributed by atoms with Crippen LogP contribution >= 0.6 is 11.3 Å². The molecular weight excluding hydrogens is 428 g/mol. The molecule has 3 amide bonds. The van der Waals surface area contributed by atoms with Crippen molar-refractivity contribution in [3.8, 4) is 0 Å². The van der Waals surface area contributed by atoms with Gasteiger partial charge in [0.2, 0.25) is 0 Å². The van der Waals surface area contributed by atoms with Gasteiger partial charge >= 0.3 is 12.0 Å². The molecule has 2 fully saturated rings. The molecule has 4 rings (SSSR count). The summed E-state index contributed by atoms with van der Waals surface area (Å²) in [6.45, 7) is 5.88. The van der Waals surface area contributed by atoms with Gasteiger partial charge in [-0.3, -0.25) is 14.5 Å². The largest absolute Gasteiger partial charge is 0.458 e. The highest BCUT2D eigenvalue weighted by molar-refractivity contribution is 7.13. The fourth-order valence-electron chi connectivity index (χ4n) is 5.05. The Bertz CT molecular complexity index is 1020. The molecule has 9 heteroatoms. The Morgan fingerprint density at radius 2 is 2.03 bits per heavy atom. The number of nitrogens with zero attached hydrogens (tertiary/aromatic N) is 2. The third-order valence-corrected chi connectivity index (χ3v) is 6.68. The van der Waals surface area contributed by atoms with Gasteiger partial charge in [0.05, 0.1) is 5.69 Å². The molecule has 1 aliphatic carbocycles. The number of nitrogens with one attached hydrogen (secondary N) is 2. The Hall–Kier alpha value is -2.94. The smallest absolute Gasteiger partial charge is 0.326 e. The molecule has 2 atom stereocenters. The molecule has 2 heterocycles. The zero-order valence-electron chi connectivity index (χ0n) is 18.5. The van der Waals surface area contributed by atoms with E-state index in [9.17, 15) is 14.4 Å². The van der Waals surface area contributed by atoms with Crippen molar-refractivity contribution in [2.45, 2.75) is 52.2 Å². The first-order chi connectivity index (χ1) is 15.2. The predicted octanol–water partition coefficient (Wildman–Crippen LogP) is 4.07. The molecular formula is C23H28N4O4S. The van der Waals surface area contributed by atoms with Crippen molar-refractivity contribution in [3.05, 3.63) is 41.4 Å². The summed E-state index contributed by atoms with van der Waals surface area (Å²) >= 11 is 1.40. The summed E-state index contributed by atoms with van der Waals surface area (Å²) in [4.78, 5) is 43.4. The van der Waals surface area contributed by atoms with E-state index >= 15 is 0 Å². The minimum atomic E-state index is -0.925. The summed E-state index contributed by atoms with van der Waals surface area (Å²) in [5.74, 6) is -0.667. The molecule has 0 unspecified atom stereocenters. The lowest BCUT2D eigenvalue weighted by atomic mass is 9.64. The molecule has 8 nitrogen and oxygen atoms in total. The van der Waals surface area contributed by atoms with Gasteiger partial charge in [-0.25, -0.2) is 9.78 Å². The van der Waals surface area contributed by atoms with Crippen molar-refractivity contribution in [2.75, 3.05) is 11.9 Å². The number of thiazole rings is 1. The van der Waals surface area contributed by atoms with Crippen LogP contribution in [0.4, 0.5) is 15.6 Å². The number of amides is 3. The highest BCUT2D eigenvalue weighted by Crippen LogP contribution is 2.46. The number of hydrogen-bond donors (Lipinski definition) is 2. The highest BCUT2D eigenvalue weighted by atomic mass is 32.1. The molecule has 0 bridgehead atoms. The summed E-state index contributed by atoms with van der Waals surface area (Å²) in [5, 5.41) is 8.54. The van der Waals surface area contributed by atoms with Gasteiger partial charge in [0, 0.05) is 11.1 Å². The standard InChI is InChI=1S/C23H28N4O4S/c1-15-9-22(2,3)14-23(10-15)19(29)27(21(30)26-23)11-18(28)31-12-17-13-32-20(25-17)24-16-7-5-4-6-8-16/h4-8,13,15H,9-12,14H2,1-3H3,(H,24,25)(H,26,30)/t15-,23+/m0/s1. The van der Waals surface area contributed by atoms with Gasteiger partial charge in [0.1, 0.15) is 18.7 Å². The van der Waals surface area contributed by atoms with Crippen LogP contribution in [0.25, 0.3) is 0 Å².